The van der Waals surface area contributed by atoms with Crippen LogP contribution in [0.3, 0.4) is 0 Å². The number of hydrogen-bond acceptors (Lipinski definition) is 6. The molecule has 4 atom stereocenters. The summed E-state index contributed by atoms with van der Waals surface area (Å²) >= 11 is 6.06. The molecule has 1 saturated heterocycles. The molecule has 41 heavy (non-hydrogen) atoms. The van der Waals surface area contributed by atoms with E-state index in [1.165, 1.54) is 10.5 Å². The average Bonchev–Trinajstić information content (AvgIpc) is 2.94. The molecule has 1 aliphatic rings. The minimum absolute atomic E-state index is 0.0661. The van der Waals surface area contributed by atoms with Crippen LogP contribution >= 0.6 is 11.6 Å². The molecule has 0 unspecified atom stereocenters. The summed E-state index contributed by atoms with van der Waals surface area (Å²) in [5, 5.41) is 3.90. The van der Waals surface area contributed by atoms with Crippen LogP contribution in [0.1, 0.15) is 49.8 Å². The standard InChI is InChI=1S/C31H38ClFN4O3S/c1-20(2)30(22-9-11-24(32)12-10-22)31(34)29(38)15-23-17-36-19-28(33)27(23)14-13-25-18-35-16-21(3)37(25)41(39,40)26-7-5-4-6-8-26/h4-12,17,19-21,25,30-31,35H,13-16,18,34H2,1-3H3/t21-,25+,30-,31-/m1/s1. The van der Waals surface area contributed by atoms with E-state index in [0.29, 0.717) is 35.7 Å². The van der Waals surface area contributed by atoms with Gasteiger partial charge in [0.05, 0.1) is 17.1 Å². The van der Waals surface area contributed by atoms with Crippen molar-refractivity contribution in [3.8, 4) is 0 Å². The first kappa shape index (κ1) is 31.3. The first-order valence-corrected chi connectivity index (χ1v) is 15.8. The Morgan fingerprint density at radius 3 is 2.46 bits per heavy atom. The molecular formula is C31H38ClFN4O3S. The molecule has 0 saturated carbocycles. The maximum atomic E-state index is 15.2. The lowest BCUT2D eigenvalue weighted by Crippen LogP contribution is -2.58. The Balaban J connectivity index is 1.54. The second-order valence-electron chi connectivity index (χ2n) is 11.1. The molecule has 0 spiro atoms. The van der Waals surface area contributed by atoms with Crippen molar-refractivity contribution in [2.24, 2.45) is 11.7 Å². The van der Waals surface area contributed by atoms with Crippen LogP contribution in [0.25, 0.3) is 0 Å². The number of aromatic nitrogens is 1. The van der Waals surface area contributed by atoms with E-state index in [9.17, 15) is 13.2 Å². The van der Waals surface area contributed by atoms with Crippen molar-refractivity contribution >= 4 is 27.4 Å². The van der Waals surface area contributed by atoms with Crippen LogP contribution in [0.5, 0.6) is 0 Å². The number of nitrogens with one attached hydrogen (secondary N) is 1. The smallest absolute Gasteiger partial charge is 0.243 e. The molecule has 220 valence electrons. The van der Waals surface area contributed by atoms with Crippen LogP contribution in [0.4, 0.5) is 4.39 Å². The van der Waals surface area contributed by atoms with Gasteiger partial charge in [-0.3, -0.25) is 9.78 Å². The number of carbonyl (C=O) groups is 1. The highest BCUT2D eigenvalue weighted by Gasteiger charge is 2.38. The number of pyridine rings is 1. The number of halogens is 2. The number of rotatable bonds is 11. The Kier molecular flexibility index (Phi) is 10.3. The lowest BCUT2D eigenvalue weighted by Gasteiger charge is -2.40. The lowest BCUT2D eigenvalue weighted by atomic mass is 9.80. The van der Waals surface area contributed by atoms with Gasteiger partial charge in [0, 0.05) is 48.7 Å². The van der Waals surface area contributed by atoms with Gasteiger partial charge in [-0.1, -0.05) is 55.8 Å². The van der Waals surface area contributed by atoms with Crippen LogP contribution in [0.15, 0.2) is 71.9 Å². The van der Waals surface area contributed by atoms with E-state index in [1.54, 1.807) is 42.5 Å². The maximum absolute atomic E-state index is 15.2. The predicted molar refractivity (Wildman–Crippen MR) is 160 cm³/mol. The van der Waals surface area contributed by atoms with Crippen molar-refractivity contribution in [2.75, 3.05) is 13.1 Å². The second kappa shape index (κ2) is 13.5. The zero-order chi connectivity index (χ0) is 29.7. The number of piperazine rings is 1. The Bertz CT molecular complexity index is 1440. The highest BCUT2D eigenvalue weighted by Crippen LogP contribution is 2.30. The summed E-state index contributed by atoms with van der Waals surface area (Å²) in [5.41, 5.74) is 8.27. The summed E-state index contributed by atoms with van der Waals surface area (Å²) in [6.07, 6.45) is 3.20. The number of carbonyl (C=O) groups excluding carboxylic acids is 1. The monoisotopic (exact) mass is 600 g/mol. The van der Waals surface area contributed by atoms with Gasteiger partial charge < -0.3 is 11.1 Å². The quantitative estimate of drug-likeness (QED) is 0.329. The highest BCUT2D eigenvalue weighted by molar-refractivity contribution is 7.89. The fourth-order valence-electron chi connectivity index (χ4n) is 5.82. The molecule has 4 rings (SSSR count). The number of Topliss-reactive ketones (excluding diaryl/α,β-unsaturated/α-hetero) is 1. The molecular weight excluding hydrogens is 563 g/mol. The van der Waals surface area contributed by atoms with E-state index in [4.69, 9.17) is 17.3 Å². The minimum atomic E-state index is -3.75. The van der Waals surface area contributed by atoms with Crippen LogP contribution in [0, 0.1) is 11.7 Å². The van der Waals surface area contributed by atoms with E-state index >= 15 is 4.39 Å². The molecule has 2 heterocycles. The van der Waals surface area contributed by atoms with Gasteiger partial charge in [-0.15, -0.1) is 0 Å². The van der Waals surface area contributed by atoms with Crippen LogP contribution in [-0.4, -0.2) is 54.7 Å². The topological polar surface area (TPSA) is 105 Å². The molecule has 3 aromatic rings. The Morgan fingerprint density at radius 2 is 1.80 bits per heavy atom. The summed E-state index contributed by atoms with van der Waals surface area (Å²) in [6, 6.07) is 14.2. The first-order valence-electron chi connectivity index (χ1n) is 13.9. The molecule has 0 radical (unpaired) electrons. The Hall–Kier alpha value is -2.69. The summed E-state index contributed by atoms with van der Waals surface area (Å²) in [5.74, 6) is -0.889. The number of nitrogens with two attached hydrogens (primary N) is 1. The molecule has 2 aromatic carbocycles. The third-order valence-corrected chi connectivity index (χ3v) is 10.2. The maximum Gasteiger partial charge on any atom is 0.243 e. The van der Waals surface area contributed by atoms with Crippen LogP contribution in [-0.2, 0) is 27.7 Å². The predicted octanol–water partition coefficient (Wildman–Crippen LogP) is 4.74. The van der Waals surface area contributed by atoms with Gasteiger partial charge in [-0.05, 0) is 66.6 Å². The molecule has 1 aromatic heterocycles. The van der Waals surface area contributed by atoms with Gasteiger partial charge in [0.15, 0.2) is 5.78 Å². The van der Waals surface area contributed by atoms with Crippen molar-refractivity contribution in [1.29, 1.82) is 0 Å². The van der Waals surface area contributed by atoms with Gasteiger partial charge in [-0.25, -0.2) is 12.8 Å². The summed E-state index contributed by atoms with van der Waals surface area (Å²) < 4.78 is 43.8. The summed E-state index contributed by atoms with van der Waals surface area (Å²) in [4.78, 5) is 17.7. The molecule has 0 amide bonds. The van der Waals surface area contributed by atoms with E-state index in [0.717, 1.165) is 11.8 Å². The van der Waals surface area contributed by atoms with E-state index in [-0.39, 0.29) is 41.4 Å². The largest absolute Gasteiger partial charge is 0.321 e. The minimum Gasteiger partial charge on any atom is -0.321 e. The molecule has 1 fully saturated rings. The van der Waals surface area contributed by atoms with Crippen molar-refractivity contribution in [2.45, 2.75) is 69.0 Å². The molecule has 0 aliphatic carbocycles. The second-order valence-corrected chi connectivity index (χ2v) is 13.4. The first-order chi connectivity index (χ1) is 19.5. The molecule has 10 heteroatoms. The lowest BCUT2D eigenvalue weighted by molar-refractivity contribution is -0.120. The van der Waals surface area contributed by atoms with E-state index < -0.39 is 27.9 Å². The third-order valence-electron chi connectivity index (χ3n) is 7.85. The molecule has 1 aliphatic heterocycles. The summed E-state index contributed by atoms with van der Waals surface area (Å²) in [6.45, 7) is 6.85. The SMILES string of the molecule is CC(C)[C@H](c1ccc(Cl)cc1)[C@H](N)C(=O)Cc1cncc(F)c1CC[C@H]1CNC[C@@H](C)N1S(=O)(=O)c1ccccc1. The average molecular weight is 601 g/mol. The Morgan fingerprint density at radius 1 is 1.12 bits per heavy atom. The van der Waals surface area contributed by atoms with Crippen LogP contribution in [0.2, 0.25) is 5.02 Å². The third kappa shape index (κ3) is 7.21. The number of ketones is 1. The number of hydrogen-bond donors (Lipinski definition) is 2. The van der Waals surface area contributed by atoms with E-state index in [2.05, 4.69) is 10.3 Å². The molecule has 0 bridgehead atoms. The van der Waals surface area contributed by atoms with Gasteiger partial charge in [0.1, 0.15) is 5.82 Å². The normalized spacial score (nSPS) is 19.7. The fourth-order valence-corrected chi connectivity index (χ4v) is 7.81. The number of nitrogens with zero attached hydrogens (tertiary/aromatic N) is 2. The van der Waals surface area contributed by atoms with Gasteiger partial charge in [-0.2, -0.15) is 4.31 Å². The Labute approximate surface area is 247 Å². The van der Waals surface area contributed by atoms with Crippen molar-refractivity contribution in [3.05, 3.63) is 94.5 Å². The van der Waals surface area contributed by atoms with Gasteiger partial charge in [0.25, 0.3) is 0 Å². The van der Waals surface area contributed by atoms with Crippen molar-refractivity contribution < 1.29 is 17.6 Å². The van der Waals surface area contributed by atoms with Gasteiger partial charge in [0.2, 0.25) is 10.0 Å². The molecule has 3 N–H and O–H groups in total. The zero-order valence-corrected chi connectivity index (χ0v) is 25.2. The van der Waals surface area contributed by atoms with Crippen molar-refractivity contribution in [1.82, 2.24) is 14.6 Å². The zero-order valence-electron chi connectivity index (χ0n) is 23.6. The number of benzene rings is 2. The van der Waals surface area contributed by atoms with Crippen molar-refractivity contribution in [3.63, 3.8) is 0 Å². The van der Waals surface area contributed by atoms with Gasteiger partial charge >= 0.3 is 0 Å². The fraction of sp³-hybridized carbons (Fsp3) is 0.419. The number of sulfonamides is 1. The summed E-state index contributed by atoms with van der Waals surface area (Å²) in [7, 11) is -3.75. The van der Waals surface area contributed by atoms with E-state index in [1.807, 2.05) is 32.9 Å². The highest BCUT2D eigenvalue weighted by atomic mass is 35.5. The molecule has 7 nitrogen and oxygen atoms in total. The van der Waals surface area contributed by atoms with Crippen LogP contribution < -0.4 is 11.1 Å².